The van der Waals surface area contributed by atoms with Crippen molar-refractivity contribution in [3.05, 3.63) is 0 Å². The third-order valence-corrected chi connectivity index (χ3v) is 3.32. The number of piperazine rings is 1. The summed E-state index contributed by atoms with van der Waals surface area (Å²) in [7, 11) is 0. The summed E-state index contributed by atoms with van der Waals surface area (Å²) < 4.78 is 10.7. The number of carbonyl (C=O) groups excluding carboxylic acids is 1. The second-order valence-corrected chi connectivity index (χ2v) is 4.94. The molecule has 0 saturated carbocycles. The van der Waals surface area contributed by atoms with E-state index in [4.69, 9.17) is 9.47 Å². The first kappa shape index (κ1) is 12.8. The van der Waals surface area contributed by atoms with Crippen molar-refractivity contribution >= 4 is 5.91 Å². The molecule has 1 amide bonds. The Balaban J connectivity index is 1.62. The molecule has 0 aromatic carbocycles. The van der Waals surface area contributed by atoms with Crippen LogP contribution in [-0.2, 0) is 14.3 Å². The van der Waals surface area contributed by atoms with Gasteiger partial charge < -0.3 is 19.7 Å². The number of nitrogens with one attached hydrogen (secondary N) is 1. The van der Waals surface area contributed by atoms with Crippen molar-refractivity contribution in [2.24, 2.45) is 5.92 Å². The van der Waals surface area contributed by atoms with Gasteiger partial charge in [0.2, 0.25) is 5.91 Å². The molecule has 0 spiro atoms. The largest absolute Gasteiger partial charge is 0.381 e. The van der Waals surface area contributed by atoms with Gasteiger partial charge in [-0.15, -0.1) is 0 Å². The number of amides is 1. The molecule has 1 N–H and O–H groups in total. The van der Waals surface area contributed by atoms with E-state index in [0.29, 0.717) is 18.6 Å². The Morgan fingerprint density at radius 2 is 2.47 bits per heavy atom. The van der Waals surface area contributed by atoms with E-state index in [0.717, 1.165) is 39.3 Å². The molecule has 0 radical (unpaired) electrons. The van der Waals surface area contributed by atoms with Gasteiger partial charge in [-0.05, 0) is 13.3 Å². The first-order chi connectivity index (χ1) is 8.25. The summed E-state index contributed by atoms with van der Waals surface area (Å²) in [6.07, 6.45) is 1.05. The van der Waals surface area contributed by atoms with Gasteiger partial charge >= 0.3 is 0 Å². The molecule has 5 heteroatoms. The van der Waals surface area contributed by atoms with Crippen molar-refractivity contribution in [1.82, 2.24) is 10.2 Å². The topological polar surface area (TPSA) is 50.8 Å². The van der Waals surface area contributed by atoms with Crippen molar-refractivity contribution in [1.29, 1.82) is 0 Å². The summed E-state index contributed by atoms with van der Waals surface area (Å²) in [6, 6.07) is 0.385. The van der Waals surface area contributed by atoms with E-state index < -0.39 is 0 Å². The number of nitrogens with zero attached hydrogens (tertiary/aromatic N) is 1. The fourth-order valence-electron chi connectivity index (χ4n) is 2.28. The summed E-state index contributed by atoms with van der Waals surface area (Å²) >= 11 is 0. The molecule has 2 heterocycles. The lowest BCUT2D eigenvalue weighted by Crippen LogP contribution is -2.52. The average Bonchev–Trinajstić information content (AvgIpc) is 2.82. The van der Waals surface area contributed by atoms with E-state index in [1.165, 1.54) is 0 Å². The lowest BCUT2D eigenvalue weighted by atomic mass is 10.1. The van der Waals surface area contributed by atoms with Gasteiger partial charge in [0.15, 0.2) is 0 Å². The summed E-state index contributed by atoms with van der Waals surface area (Å²) in [4.78, 5) is 13.7. The molecule has 2 aliphatic heterocycles. The van der Waals surface area contributed by atoms with E-state index in [9.17, 15) is 4.79 Å². The van der Waals surface area contributed by atoms with Gasteiger partial charge in [0, 0.05) is 38.2 Å². The molecule has 98 valence electrons. The van der Waals surface area contributed by atoms with E-state index in [-0.39, 0.29) is 12.5 Å². The van der Waals surface area contributed by atoms with Gasteiger partial charge in [-0.25, -0.2) is 0 Å². The van der Waals surface area contributed by atoms with E-state index in [1.54, 1.807) is 0 Å². The zero-order chi connectivity index (χ0) is 12.1. The zero-order valence-electron chi connectivity index (χ0n) is 10.5. The molecule has 0 aromatic heterocycles. The summed E-state index contributed by atoms with van der Waals surface area (Å²) in [6.45, 7) is 7.01. The molecule has 0 aliphatic carbocycles. The van der Waals surface area contributed by atoms with Crippen LogP contribution in [0.5, 0.6) is 0 Å². The van der Waals surface area contributed by atoms with Crippen molar-refractivity contribution < 1.29 is 14.3 Å². The third-order valence-electron chi connectivity index (χ3n) is 3.32. The van der Waals surface area contributed by atoms with Crippen LogP contribution in [0.4, 0.5) is 0 Å². The van der Waals surface area contributed by atoms with Gasteiger partial charge in [0.25, 0.3) is 0 Å². The monoisotopic (exact) mass is 242 g/mol. The molecule has 2 saturated heterocycles. The van der Waals surface area contributed by atoms with Crippen LogP contribution in [0.15, 0.2) is 0 Å². The molecule has 2 aliphatic rings. The number of ether oxygens (including phenoxy) is 2. The van der Waals surface area contributed by atoms with Crippen LogP contribution < -0.4 is 5.32 Å². The lowest BCUT2D eigenvalue weighted by Gasteiger charge is -2.31. The predicted molar refractivity (Wildman–Crippen MR) is 63.8 cm³/mol. The molecular formula is C12H22N2O3. The van der Waals surface area contributed by atoms with Crippen molar-refractivity contribution in [2.45, 2.75) is 19.4 Å². The van der Waals surface area contributed by atoms with Crippen LogP contribution in [0.1, 0.15) is 13.3 Å². The van der Waals surface area contributed by atoms with Gasteiger partial charge in [0.05, 0.1) is 13.2 Å². The maximum atomic E-state index is 11.9. The zero-order valence-corrected chi connectivity index (χ0v) is 10.5. The van der Waals surface area contributed by atoms with Gasteiger partial charge in [0.1, 0.15) is 6.61 Å². The van der Waals surface area contributed by atoms with Crippen molar-refractivity contribution in [3.63, 3.8) is 0 Å². The Morgan fingerprint density at radius 1 is 1.59 bits per heavy atom. The highest BCUT2D eigenvalue weighted by molar-refractivity contribution is 5.77. The quantitative estimate of drug-likeness (QED) is 0.745. The van der Waals surface area contributed by atoms with Crippen molar-refractivity contribution in [2.75, 3.05) is 46.1 Å². The Bertz CT molecular complexity index is 254. The molecular weight excluding hydrogens is 220 g/mol. The van der Waals surface area contributed by atoms with E-state index in [1.807, 2.05) is 4.90 Å². The number of hydrogen-bond acceptors (Lipinski definition) is 4. The summed E-state index contributed by atoms with van der Waals surface area (Å²) in [5.41, 5.74) is 0. The van der Waals surface area contributed by atoms with Crippen LogP contribution in [0, 0.1) is 5.92 Å². The standard InChI is InChI=1S/C12H22N2O3/c1-10-6-14(4-3-13-10)12(15)9-17-8-11-2-5-16-7-11/h10-11,13H,2-9H2,1H3. The van der Waals surface area contributed by atoms with Gasteiger partial charge in [-0.2, -0.15) is 0 Å². The molecule has 5 nitrogen and oxygen atoms in total. The minimum atomic E-state index is 0.109. The molecule has 2 unspecified atom stereocenters. The first-order valence-electron chi connectivity index (χ1n) is 6.42. The van der Waals surface area contributed by atoms with Crippen LogP contribution in [0.25, 0.3) is 0 Å². The van der Waals surface area contributed by atoms with Crippen LogP contribution in [0.2, 0.25) is 0 Å². The van der Waals surface area contributed by atoms with Gasteiger partial charge in [-0.3, -0.25) is 4.79 Å². The van der Waals surface area contributed by atoms with Crippen molar-refractivity contribution in [3.8, 4) is 0 Å². The maximum Gasteiger partial charge on any atom is 0.248 e. The van der Waals surface area contributed by atoms with E-state index >= 15 is 0 Å². The minimum absolute atomic E-state index is 0.109. The van der Waals surface area contributed by atoms with Gasteiger partial charge in [-0.1, -0.05) is 0 Å². The van der Waals surface area contributed by atoms with Crippen LogP contribution in [0.3, 0.4) is 0 Å². The fourth-order valence-corrected chi connectivity index (χ4v) is 2.28. The average molecular weight is 242 g/mol. The minimum Gasteiger partial charge on any atom is -0.381 e. The number of hydrogen-bond donors (Lipinski definition) is 1. The maximum absolute atomic E-state index is 11.9. The second-order valence-electron chi connectivity index (χ2n) is 4.94. The Morgan fingerprint density at radius 3 is 3.18 bits per heavy atom. The number of rotatable bonds is 4. The molecule has 2 rings (SSSR count). The third kappa shape index (κ3) is 3.94. The molecule has 2 atom stereocenters. The smallest absolute Gasteiger partial charge is 0.248 e. The fraction of sp³-hybridized carbons (Fsp3) is 0.917. The SMILES string of the molecule is CC1CN(C(=O)COCC2CCOC2)CCN1. The normalized spacial score (nSPS) is 29.6. The van der Waals surface area contributed by atoms with Crippen LogP contribution >= 0.6 is 0 Å². The highest BCUT2D eigenvalue weighted by atomic mass is 16.5. The predicted octanol–water partition coefficient (Wildman–Crippen LogP) is -0.140. The lowest BCUT2D eigenvalue weighted by molar-refractivity contribution is -0.137. The molecule has 0 aromatic rings. The van der Waals surface area contributed by atoms with E-state index in [2.05, 4.69) is 12.2 Å². The summed E-state index contributed by atoms with van der Waals surface area (Å²) in [5, 5.41) is 3.32. The number of carbonyl (C=O) groups is 1. The Hall–Kier alpha value is -0.650. The highest BCUT2D eigenvalue weighted by Gasteiger charge is 2.21. The Labute approximate surface area is 102 Å². The highest BCUT2D eigenvalue weighted by Crippen LogP contribution is 2.12. The second kappa shape index (κ2) is 6.33. The summed E-state index contributed by atoms with van der Waals surface area (Å²) in [5.74, 6) is 0.585. The molecule has 17 heavy (non-hydrogen) atoms. The molecule has 2 fully saturated rings. The van der Waals surface area contributed by atoms with Crippen LogP contribution in [-0.4, -0.2) is 62.9 Å². The first-order valence-corrected chi connectivity index (χ1v) is 6.42. The molecule has 0 bridgehead atoms. The Kier molecular flexibility index (Phi) is 4.76.